The molecule has 0 aromatic heterocycles. The number of nitrogens with zero attached hydrogens (tertiary/aromatic N) is 3. The lowest BCUT2D eigenvalue weighted by Gasteiger charge is -2.51. The molecule has 0 unspecified atom stereocenters. The van der Waals surface area contributed by atoms with Crippen LogP contribution in [0.15, 0.2) is 47.6 Å². The molecule has 6 heteroatoms. The van der Waals surface area contributed by atoms with Crippen LogP contribution in [0.25, 0.3) is 0 Å². The number of fused-ring (bicyclic) bond motifs is 4. The fraction of sp³-hybridized carbons (Fsp3) is 0.435. The van der Waals surface area contributed by atoms with Gasteiger partial charge in [0.25, 0.3) is 0 Å². The second kappa shape index (κ2) is 6.95. The second-order valence-corrected chi connectivity index (χ2v) is 8.24. The molecular weight excluding hydrogens is 366 g/mol. The number of rotatable bonds is 3. The van der Waals surface area contributed by atoms with Gasteiger partial charge in [0.05, 0.1) is 11.8 Å². The van der Waals surface area contributed by atoms with E-state index in [4.69, 9.17) is 9.84 Å². The molecule has 6 nitrogen and oxygen atoms in total. The molecule has 1 saturated heterocycles. The molecule has 0 saturated carbocycles. The number of hydrazone groups is 1. The van der Waals surface area contributed by atoms with E-state index >= 15 is 0 Å². The first-order chi connectivity index (χ1) is 14.1. The predicted octanol–water partition coefficient (Wildman–Crippen LogP) is 3.84. The highest BCUT2D eigenvalue weighted by atomic mass is 16.5. The highest BCUT2D eigenvalue weighted by molar-refractivity contribution is 6.04. The van der Waals surface area contributed by atoms with Gasteiger partial charge >= 0.3 is 0 Å². The minimum atomic E-state index is -0.461. The van der Waals surface area contributed by atoms with Gasteiger partial charge in [-0.2, -0.15) is 5.10 Å². The summed E-state index contributed by atoms with van der Waals surface area (Å²) in [6.45, 7) is 5.30. The van der Waals surface area contributed by atoms with Crippen LogP contribution in [0.5, 0.6) is 17.2 Å². The number of hydrogen-bond acceptors (Lipinski definition) is 6. The van der Waals surface area contributed by atoms with Crippen LogP contribution in [0, 0.1) is 0 Å². The van der Waals surface area contributed by atoms with Crippen molar-refractivity contribution in [1.29, 1.82) is 0 Å². The van der Waals surface area contributed by atoms with E-state index in [0.717, 1.165) is 55.9 Å². The summed E-state index contributed by atoms with van der Waals surface area (Å²) in [5, 5.41) is 27.4. The first-order valence-electron chi connectivity index (χ1n) is 10.5. The normalized spacial score (nSPS) is 22.7. The summed E-state index contributed by atoms with van der Waals surface area (Å²) in [5.74, 6) is 1.21. The SMILES string of the molecule is CCCN1CCC2(CC1)Oc1ccccc1[C@H]1CC(c3cc(O)ccc3O)=NN12. The maximum Gasteiger partial charge on any atom is 0.200 e. The molecule has 0 amide bonds. The van der Waals surface area contributed by atoms with Gasteiger partial charge < -0.3 is 19.8 Å². The largest absolute Gasteiger partial charge is 0.508 e. The molecule has 2 aromatic rings. The van der Waals surface area contributed by atoms with Gasteiger partial charge in [-0.3, -0.25) is 0 Å². The summed E-state index contributed by atoms with van der Waals surface area (Å²) >= 11 is 0. The number of phenolic OH excluding ortho intramolecular Hbond substituents is 2. The fourth-order valence-electron chi connectivity index (χ4n) is 4.92. The van der Waals surface area contributed by atoms with Gasteiger partial charge in [-0.15, -0.1) is 0 Å². The van der Waals surface area contributed by atoms with Gasteiger partial charge in [0, 0.05) is 43.5 Å². The highest BCUT2D eigenvalue weighted by Gasteiger charge is 2.51. The Labute approximate surface area is 171 Å². The summed E-state index contributed by atoms with van der Waals surface area (Å²) in [7, 11) is 0. The van der Waals surface area contributed by atoms with Crippen molar-refractivity contribution < 1.29 is 14.9 Å². The van der Waals surface area contributed by atoms with Gasteiger partial charge in [-0.05, 0) is 37.2 Å². The van der Waals surface area contributed by atoms with Crippen molar-refractivity contribution in [2.24, 2.45) is 5.10 Å². The molecule has 0 aliphatic carbocycles. The number of likely N-dealkylation sites (tertiary alicyclic amines) is 1. The summed E-state index contributed by atoms with van der Waals surface area (Å²) in [6, 6.07) is 12.9. The zero-order valence-electron chi connectivity index (χ0n) is 16.7. The van der Waals surface area contributed by atoms with Gasteiger partial charge in [0.15, 0.2) is 0 Å². The van der Waals surface area contributed by atoms with E-state index < -0.39 is 5.72 Å². The van der Waals surface area contributed by atoms with E-state index in [1.807, 2.05) is 12.1 Å². The number of para-hydroxylation sites is 1. The number of ether oxygens (including phenoxy) is 1. The lowest BCUT2D eigenvalue weighted by molar-refractivity contribution is -0.149. The van der Waals surface area contributed by atoms with Gasteiger partial charge in [-0.25, -0.2) is 5.01 Å². The Bertz CT molecular complexity index is 950. The number of piperidine rings is 1. The third-order valence-electron chi connectivity index (χ3n) is 6.37. The van der Waals surface area contributed by atoms with Crippen LogP contribution >= 0.6 is 0 Å². The molecule has 152 valence electrons. The molecule has 2 aromatic carbocycles. The Morgan fingerprint density at radius 1 is 1.14 bits per heavy atom. The summed E-state index contributed by atoms with van der Waals surface area (Å²) in [6.07, 6.45) is 3.61. The van der Waals surface area contributed by atoms with Gasteiger partial charge in [-0.1, -0.05) is 25.1 Å². The lowest BCUT2D eigenvalue weighted by Crippen LogP contribution is -2.59. The number of aromatic hydroxyl groups is 2. The molecule has 1 atom stereocenters. The topological polar surface area (TPSA) is 68.5 Å². The summed E-state index contributed by atoms with van der Waals surface area (Å²) in [5.41, 5.74) is 2.05. The Morgan fingerprint density at radius 2 is 1.93 bits per heavy atom. The van der Waals surface area contributed by atoms with Crippen molar-refractivity contribution in [1.82, 2.24) is 9.91 Å². The third kappa shape index (κ3) is 3.02. The molecule has 5 rings (SSSR count). The van der Waals surface area contributed by atoms with Crippen molar-refractivity contribution >= 4 is 5.71 Å². The minimum absolute atomic E-state index is 0.0782. The van der Waals surface area contributed by atoms with Crippen LogP contribution in [0.3, 0.4) is 0 Å². The van der Waals surface area contributed by atoms with Crippen molar-refractivity contribution in [3.8, 4) is 17.2 Å². The van der Waals surface area contributed by atoms with Crippen molar-refractivity contribution in [3.63, 3.8) is 0 Å². The van der Waals surface area contributed by atoms with Crippen LogP contribution in [0.4, 0.5) is 0 Å². The molecule has 1 fully saturated rings. The van der Waals surface area contributed by atoms with Crippen molar-refractivity contribution in [2.45, 2.75) is 44.4 Å². The molecule has 1 spiro atoms. The highest BCUT2D eigenvalue weighted by Crippen LogP contribution is 2.50. The molecular formula is C23H27N3O3. The van der Waals surface area contributed by atoms with Crippen molar-refractivity contribution in [2.75, 3.05) is 19.6 Å². The first-order valence-corrected chi connectivity index (χ1v) is 10.5. The van der Waals surface area contributed by atoms with Gasteiger partial charge in [0.2, 0.25) is 5.72 Å². The maximum atomic E-state index is 10.4. The summed E-state index contributed by atoms with van der Waals surface area (Å²) < 4.78 is 6.62. The quantitative estimate of drug-likeness (QED) is 0.776. The third-order valence-corrected chi connectivity index (χ3v) is 6.37. The van der Waals surface area contributed by atoms with Gasteiger partial charge in [0.1, 0.15) is 17.2 Å². The molecule has 3 aliphatic rings. The zero-order chi connectivity index (χ0) is 20.0. The van der Waals surface area contributed by atoms with Crippen LogP contribution in [-0.2, 0) is 0 Å². The molecule has 29 heavy (non-hydrogen) atoms. The Hall–Kier alpha value is -2.73. The number of benzene rings is 2. The molecule has 3 aliphatic heterocycles. The Morgan fingerprint density at radius 3 is 2.72 bits per heavy atom. The van der Waals surface area contributed by atoms with Crippen LogP contribution < -0.4 is 4.74 Å². The zero-order valence-corrected chi connectivity index (χ0v) is 16.7. The Kier molecular flexibility index (Phi) is 4.39. The van der Waals surface area contributed by atoms with Crippen LogP contribution in [0.1, 0.15) is 49.8 Å². The molecule has 3 heterocycles. The standard InChI is InChI=1S/C23H27N3O3/c1-2-11-25-12-9-23(10-13-25)26-20(17-5-3-4-6-22(17)29-23)15-19(24-26)18-14-16(27)7-8-21(18)28/h3-8,14,20,27-28H,2,9-13,15H2,1H3/t20-/m1/s1. The average Bonchev–Trinajstić information content (AvgIpc) is 3.18. The van der Waals surface area contributed by atoms with E-state index in [1.165, 1.54) is 12.1 Å². The fourth-order valence-corrected chi connectivity index (χ4v) is 4.92. The second-order valence-electron chi connectivity index (χ2n) is 8.24. The predicted molar refractivity (Wildman–Crippen MR) is 111 cm³/mol. The number of hydrogen-bond donors (Lipinski definition) is 2. The molecule has 0 radical (unpaired) electrons. The monoisotopic (exact) mass is 393 g/mol. The van der Waals surface area contributed by atoms with E-state index in [1.54, 1.807) is 6.07 Å². The van der Waals surface area contributed by atoms with E-state index in [9.17, 15) is 10.2 Å². The van der Waals surface area contributed by atoms with Crippen LogP contribution in [-0.4, -0.2) is 51.2 Å². The minimum Gasteiger partial charge on any atom is -0.508 e. The molecule has 0 bridgehead atoms. The van der Waals surface area contributed by atoms with Crippen LogP contribution in [0.2, 0.25) is 0 Å². The number of phenols is 2. The first kappa shape index (κ1) is 18.3. The van der Waals surface area contributed by atoms with Crippen molar-refractivity contribution in [3.05, 3.63) is 53.6 Å². The Balaban J connectivity index is 1.54. The maximum absolute atomic E-state index is 10.4. The average molecular weight is 393 g/mol. The smallest absolute Gasteiger partial charge is 0.200 e. The molecule has 2 N–H and O–H groups in total. The van der Waals surface area contributed by atoms with E-state index in [0.29, 0.717) is 12.0 Å². The van der Waals surface area contributed by atoms with E-state index in [-0.39, 0.29) is 17.5 Å². The summed E-state index contributed by atoms with van der Waals surface area (Å²) in [4.78, 5) is 2.49. The lowest BCUT2D eigenvalue weighted by atomic mass is 9.90. The van der Waals surface area contributed by atoms with E-state index in [2.05, 4.69) is 29.0 Å².